The molecular weight excluding hydrogens is 248 g/mol. The largest absolute Gasteiger partial charge is 0.489 e. The van der Waals surface area contributed by atoms with E-state index in [0.717, 1.165) is 24.3 Å². The Balaban J connectivity index is 1.92. The smallest absolute Gasteiger partial charge is 0.138 e. The molecule has 0 radical (unpaired) electrons. The topological polar surface area (TPSA) is 34.1 Å². The van der Waals surface area contributed by atoms with E-state index in [1.54, 1.807) is 6.20 Å². The van der Waals surface area contributed by atoms with Gasteiger partial charge in [0.05, 0.1) is 12.3 Å². The van der Waals surface area contributed by atoms with E-state index in [1.165, 1.54) is 23.2 Å². The molecule has 0 bridgehead atoms. The third-order valence-corrected chi connectivity index (χ3v) is 3.46. The molecule has 0 saturated heterocycles. The van der Waals surface area contributed by atoms with E-state index < -0.39 is 0 Å². The number of hydrogen-bond donors (Lipinski definition) is 1. The number of anilines is 1. The summed E-state index contributed by atoms with van der Waals surface area (Å²) in [6.07, 6.45) is 6.17. The number of nitrogens with one attached hydrogen (secondary N) is 1. The summed E-state index contributed by atoms with van der Waals surface area (Å²) in [5.41, 5.74) is 4.97. The molecule has 3 heteroatoms. The molecule has 0 atom stereocenters. The number of aromatic nitrogens is 1. The number of hydrogen-bond acceptors (Lipinski definition) is 3. The molecule has 0 unspecified atom stereocenters. The van der Waals surface area contributed by atoms with Gasteiger partial charge < -0.3 is 10.1 Å². The zero-order valence-corrected chi connectivity index (χ0v) is 12.0. The fourth-order valence-electron chi connectivity index (χ4n) is 2.57. The Morgan fingerprint density at radius 2 is 2.05 bits per heavy atom. The summed E-state index contributed by atoms with van der Waals surface area (Å²) in [7, 11) is 0. The number of ether oxygens (including phenoxy) is 1. The highest BCUT2D eigenvalue weighted by Gasteiger charge is 2.10. The number of rotatable bonds is 3. The second kappa shape index (κ2) is 5.53. The van der Waals surface area contributed by atoms with Crippen molar-refractivity contribution < 1.29 is 4.74 Å². The molecule has 104 valence electrons. The Kier molecular flexibility index (Phi) is 3.59. The lowest BCUT2D eigenvalue weighted by molar-refractivity contribution is 0.241. The first kappa shape index (κ1) is 13.0. The Morgan fingerprint density at radius 1 is 1.15 bits per heavy atom. The zero-order chi connectivity index (χ0) is 13.9. The van der Waals surface area contributed by atoms with E-state index in [-0.39, 0.29) is 6.10 Å². The van der Waals surface area contributed by atoms with Crippen LogP contribution in [0.5, 0.6) is 5.75 Å². The van der Waals surface area contributed by atoms with Gasteiger partial charge in [0.15, 0.2) is 0 Å². The van der Waals surface area contributed by atoms with Crippen molar-refractivity contribution in [1.82, 2.24) is 4.98 Å². The number of benzene rings is 1. The van der Waals surface area contributed by atoms with Crippen LogP contribution in [-0.4, -0.2) is 17.6 Å². The molecule has 1 N–H and O–H groups in total. The zero-order valence-electron chi connectivity index (χ0n) is 12.0. The van der Waals surface area contributed by atoms with Gasteiger partial charge in [0.2, 0.25) is 0 Å². The summed E-state index contributed by atoms with van der Waals surface area (Å²) in [6.45, 7) is 5.13. The highest BCUT2D eigenvalue weighted by molar-refractivity contribution is 5.69. The standard InChI is InChI=1S/C17H20N2O/c1-12(2)20-16-9-15(10-18-11-16)13-5-6-17-14(8-13)4-3-7-19-17/h5-6,8-12,19H,3-4,7H2,1-2H3. The first-order valence-electron chi connectivity index (χ1n) is 7.21. The van der Waals surface area contributed by atoms with Gasteiger partial charge in [-0.1, -0.05) is 6.07 Å². The molecule has 0 spiro atoms. The van der Waals surface area contributed by atoms with Crippen LogP contribution >= 0.6 is 0 Å². The van der Waals surface area contributed by atoms with E-state index >= 15 is 0 Å². The SMILES string of the molecule is CC(C)Oc1cncc(-c2ccc3c(c2)CCCN3)c1. The lowest BCUT2D eigenvalue weighted by atomic mass is 9.98. The molecule has 20 heavy (non-hydrogen) atoms. The van der Waals surface area contributed by atoms with E-state index in [2.05, 4.69) is 34.6 Å². The predicted molar refractivity (Wildman–Crippen MR) is 82.2 cm³/mol. The fourth-order valence-corrected chi connectivity index (χ4v) is 2.57. The maximum absolute atomic E-state index is 5.71. The maximum Gasteiger partial charge on any atom is 0.138 e. The van der Waals surface area contributed by atoms with Crippen molar-refractivity contribution in [3.8, 4) is 16.9 Å². The van der Waals surface area contributed by atoms with Gasteiger partial charge in [-0.25, -0.2) is 0 Å². The van der Waals surface area contributed by atoms with E-state index in [0.29, 0.717) is 0 Å². The van der Waals surface area contributed by atoms with Crippen molar-refractivity contribution in [2.45, 2.75) is 32.8 Å². The second-order valence-corrected chi connectivity index (χ2v) is 5.48. The Bertz CT molecular complexity index is 608. The minimum atomic E-state index is 0.166. The lowest BCUT2D eigenvalue weighted by Gasteiger charge is -2.19. The summed E-state index contributed by atoms with van der Waals surface area (Å²) in [5, 5.41) is 3.44. The molecule has 1 aliphatic rings. The lowest BCUT2D eigenvalue weighted by Crippen LogP contribution is -2.11. The van der Waals surface area contributed by atoms with Gasteiger partial charge in [-0.2, -0.15) is 0 Å². The van der Waals surface area contributed by atoms with Gasteiger partial charge >= 0.3 is 0 Å². The summed E-state index contributed by atoms with van der Waals surface area (Å²) >= 11 is 0. The molecule has 3 nitrogen and oxygen atoms in total. The first-order chi connectivity index (χ1) is 9.72. The van der Waals surface area contributed by atoms with Gasteiger partial charge in [-0.3, -0.25) is 4.98 Å². The van der Waals surface area contributed by atoms with E-state index in [1.807, 2.05) is 20.0 Å². The number of nitrogens with zero attached hydrogens (tertiary/aromatic N) is 1. The first-order valence-corrected chi connectivity index (χ1v) is 7.21. The molecule has 0 amide bonds. The van der Waals surface area contributed by atoms with Crippen molar-refractivity contribution in [3.63, 3.8) is 0 Å². The minimum absolute atomic E-state index is 0.166. The summed E-state index contributed by atoms with van der Waals surface area (Å²) in [4.78, 5) is 4.29. The Hall–Kier alpha value is -2.03. The third-order valence-electron chi connectivity index (χ3n) is 3.46. The molecule has 3 rings (SSSR count). The van der Waals surface area contributed by atoms with Crippen LogP contribution in [0.25, 0.3) is 11.1 Å². The Labute approximate surface area is 120 Å². The van der Waals surface area contributed by atoms with Crippen molar-refractivity contribution in [3.05, 3.63) is 42.2 Å². The van der Waals surface area contributed by atoms with Crippen LogP contribution in [0.4, 0.5) is 5.69 Å². The molecule has 1 aromatic carbocycles. The van der Waals surface area contributed by atoms with Gasteiger partial charge in [0, 0.05) is 24.0 Å². The van der Waals surface area contributed by atoms with Crippen LogP contribution in [0.15, 0.2) is 36.7 Å². The predicted octanol–water partition coefficient (Wildman–Crippen LogP) is 3.89. The van der Waals surface area contributed by atoms with Gasteiger partial charge in [-0.15, -0.1) is 0 Å². The maximum atomic E-state index is 5.71. The van der Waals surface area contributed by atoms with Crippen molar-refractivity contribution >= 4 is 5.69 Å². The number of fused-ring (bicyclic) bond motifs is 1. The highest BCUT2D eigenvalue weighted by Crippen LogP contribution is 2.29. The molecule has 0 fully saturated rings. The van der Waals surface area contributed by atoms with Crippen LogP contribution in [0.3, 0.4) is 0 Å². The summed E-state index contributed by atoms with van der Waals surface area (Å²) in [6, 6.07) is 8.63. The van der Waals surface area contributed by atoms with Crippen molar-refractivity contribution in [2.24, 2.45) is 0 Å². The number of pyridine rings is 1. The van der Waals surface area contributed by atoms with Crippen molar-refractivity contribution in [1.29, 1.82) is 0 Å². The minimum Gasteiger partial charge on any atom is -0.489 e. The van der Waals surface area contributed by atoms with E-state index in [9.17, 15) is 0 Å². The quantitative estimate of drug-likeness (QED) is 0.917. The molecule has 2 heterocycles. The fraction of sp³-hybridized carbons (Fsp3) is 0.353. The van der Waals surface area contributed by atoms with Crippen LogP contribution in [0.2, 0.25) is 0 Å². The van der Waals surface area contributed by atoms with Gasteiger partial charge in [0.25, 0.3) is 0 Å². The normalized spacial score (nSPS) is 13.8. The molecule has 2 aromatic rings. The Morgan fingerprint density at radius 3 is 2.90 bits per heavy atom. The van der Waals surface area contributed by atoms with Crippen molar-refractivity contribution in [2.75, 3.05) is 11.9 Å². The monoisotopic (exact) mass is 268 g/mol. The van der Waals surface area contributed by atoms with Gasteiger partial charge in [0.1, 0.15) is 5.75 Å². The average molecular weight is 268 g/mol. The molecule has 1 aromatic heterocycles. The van der Waals surface area contributed by atoms with Crippen LogP contribution < -0.4 is 10.1 Å². The summed E-state index contributed by atoms with van der Waals surface area (Å²) in [5.74, 6) is 0.827. The molecular formula is C17H20N2O. The molecule has 1 aliphatic heterocycles. The number of aryl methyl sites for hydroxylation is 1. The van der Waals surface area contributed by atoms with Gasteiger partial charge in [-0.05, 0) is 56.0 Å². The average Bonchev–Trinajstić information content (AvgIpc) is 2.46. The third kappa shape index (κ3) is 2.77. The van der Waals surface area contributed by atoms with E-state index in [4.69, 9.17) is 4.74 Å². The van der Waals surface area contributed by atoms with Crippen LogP contribution in [0.1, 0.15) is 25.8 Å². The summed E-state index contributed by atoms with van der Waals surface area (Å²) < 4.78 is 5.71. The van der Waals surface area contributed by atoms with Crippen LogP contribution in [0, 0.1) is 0 Å². The molecule has 0 aliphatic carbocycles. The second-order valence-electron chi connectivity index (χ2n) is 5.48. The highest BCUT2D eigenvalue weighted by atomic mass is 16.5. The van der Waals surface area contributed by atoms with Crippen LogP contribution in [-0.2, 0) is 6.42 Å². The molecule has 0 saturated carbocycles.